The Morgan fingerprint density at radius 3 is 2.45 bits per heavy atom. The number of hydrogen-bond donors (Lipinski definition) is 2. The molecule has 2 fully saturated rings. The number of ether oxygens (including phenoxy) is 1. The predicted octanol–water partition coefficient (Wildman–Crippen LogP) is 6.09. The summed E-state index contributed by atoms with van der Waals surface area (Å²) < 4.78 is 18.5. The number of anilines is 5. The second-order valence-corrected chi connectivity index (χ2v) is 15.4. The highest BCUT2D eigenvalue weighted by Gasteiger charge is 2.47. The first-order chi connectivity index (χ1) is 19.9. The minimum atomic E-state index is -2.58. The highest BCUT2D eigenvalue weighted by Crippen LogP contribution is 2.49. The van der Waals surface area contributed by atoms with Gasteiger partial charge in [0.15, 0.2) is 5.82 Å². The molecule has 2 heterocycles. The number of benzene rings is 2. The zero-order valence-corrected chi connectivity index (χ0v) is 26.2. The Labute approximate surface area is 251 Å². The molecule has 0 radical (unpaired) electrons. The third-order valence-electron chi connectivity index (χ3n) is 8.36. The summed E-state index contributed by atoms with van der Waals surface area (Å²) in [5.74, 6) is 0.899. The van der Waals surface area contributed by atoms with Gasteiger partial charge in [-0.2, -0.15) is 4.98 Å². The molecule has 5 rings (SSSR count). The molecule has 1 aliphatic heterocycles. The van der Waals surface area contributed by atoms with E-state index in [9.17, 15) is 14.7 Å². The van der Waals surface area contributed by atoms with Crippen molar-refractivity contribution in [3.05, 3.63) is 57.7 Å². The van der Waals surface area contributed by atoms with Crippen molar-refractivity contribution in [3.8, 4) is 5.75 Å². The Bertz CT molecular complexity index is 1530. The van der Waals surface area contributed by atoms with Crippen LogP contribution in [0.15, 0.2) is 42.6 Å². The van der Waals surface area contributed by atoms with Crippen LogP contribution < -0.4 is 25.6 Å². The molecule has 224 valence electrons. The highest BCUT2D eigenvalue weighted by atomic mass is 35.5. The molecule has 1 saturated heterocycles. The van der Waals surface area contributed by atoms with Crippen LogP contribution in [0.25, 0.3) is 0 Å². The van der Waals surface area contributed by atoms with E-state index in [0.717, 1.165) is 38.8 Å². The Hall–Kier alpha value is -3.40. The minimum Gasteiger partial charge on any atom is -0.494 e. The van der Waals surface area contributed by atoms with Gasteiger partial charge in [-0.15, -0.1) is 0 Å². The van der Waals surface area contributed by atoms with Gasteiger partial charge in [-0.05, 0) is 65.2 Å². The molecule has 0 bridgehead atoms. The molecule has 3 aromatic rings. The largest absolute Gasteiger partial charge is 0.494 e. The summed E-state index contributed by atoms with van der Waals surface area (Å²) in [6.07, 6.45) is 5.97. The Balaban J connectivity index is 1.38. The molecule has 0 unspecified atom stereocenters. The molecule has 2 N–H and O–H groups in total. The fourth-order valence-corrected chi connectivity index (χ4v) is 7.31. The minimum absolute atomic E-state index is 0.0157. The van der Waals surface area contributed by atoms with Crippen LogP contribution in [0.3, 0.4) is 0 Å². The van der Waals surface area contributed by atoms with E-state index in [1.807, 2.05) is 12.1 Å². The smallest absolute Gasteiger partial charge is 0.294 e. The van der Waals surface area contributed by atoms with Crippen molar-refractivity contribution >= 4 is 58.6 Å². The molecule has 2 aromatic carbocycles. The Morgan fingerprint density at radius 2 is 1.83 bits per heavy atom. The Morgan fingerprint density at radius 1 is 1.14 bits per heavy atom. The average molecular weight is 614 g/mol. The zero-order chi connectivity index (χ0) is 30.2. The zero-order valence-electron chi connectivity index (χ0n) is 24.6. The van der Waals surface area contributed by atoms with Crippen molar-refractivity contribution in [2.45, 2.75) is 31.7 Å². The average Bonchev–Trinajstić information content (AvgIpc) is 2.93. The lowest BCUT2D eigenvalue weighted by molar-refractivity contribution is -0.384. The molecule has 11 nitrogen and oxygen atoms in total. The van der Waals surface area contributed by atoms with Crippen molar-refractivity contribution in [2.24, 2.45) is 5.41 Å². The van der Waals surface area contributed by atoms with E-state index in [1.165, 1.54) is 19.4 Å². The van der Waals surface area contributed by atoms with Gasteiger partial charge in [-0.1, -0.05) is 23.7 Å². The lowest BCUT2D eigenvalue weighted by Crippen LogP contribution is -2.59. The maximum Gasteiger partial charge on any atom is 0.294 e. The van der Waals surface area contributed by atoms with E-state index in [-0.39, 0.29) is 27.0 Å². The van der Waals surface area contributed by atoms with Crippen molar-refractivity contribution in [2.75, 3.05) is 63.2 Å². The van der Waals surface area contributed by atoms with Gasteiger partial charge < -0.3 is 29.7 Å². The van der Waals surface area contributed by atoms with Crippen LogP contribution in [0.1, 0.15) is 25.7 Å². The van der Waals surface area contributed by atoms with E-state index in [2.05, 4.69) is 44.5 Å². The van der Waals surface area contributed by atoms with Crippen LogP contribution in [0, 0.1) is 15.5 Å². The van der Waals surface area contributed by atoms with Gasteiger partial charge in [-0.25, -0.2) is 4.98 Å². The second kappa shape index (κ2) is 11.7. The van der Waals surface area contributed by atoms with Crippen LogP contribution in [0.2, 0.25) is 5.02 Å². The molecular weight excluding hydrogens is 577 g/mol. The lowest BCUT2D eigenvalue weighted by Gasteiger charge is -2.54. The molecule has 1 aliphatic carbocycles. The molecular formula is C29H37ClN7O4P. The first-order valence-electron chi connectivity index (χ1n) is 13.9. The summed E-state index contributed by atoms with van der Waals surface area (Å²) in [6, 6.07) is 11.0. The van der Waals surface area contributed by atoms with Gasteiger partial charge in [-0.3, -0.25) is 10.1 Å². The van der Waals surface area contributed by atoms with Gasteiger partial charge in [0.1, 0.15) is 23.6 Å². The number of rotatable bonds is 9. The fourth-order valence-electron chi connectivity index (χ4n) is 6.02. The van der Waals surface area contributed by atoms with E-state index in [0.29, 0.717) is 40.0 Å². The number of halogens is 1. The molecule has 1 aromatic heterocycles. The van der Waals surface area contributed by atoms with Crippen LogP contribution in [-0.4, -0.2) is 73.5 Å². The normalized spacial score (nSPS) is 16.8. The lowest BCUT2D eigenvalue weighted by atomic mass is 9.67. The number of aromatic nitrogens is 2. The van der Waals surface area contributed by atoms with E-state index >= 15 is 0 Å². The van der Waals surface area contributed by atoms with Crippen LogP contribution >= 0.6 is 18.7 Å². The van der Waals surface area contributed by atoms with Crippen molar-refractivity contribution in [1.29, 1.82) is 0 Å². The summed E-state index contributed by atoms with van der Waals surface area (Å²) in [5.41, 5.74) is 1.72. The number of hydrogen-bond acceptors (Lipinski definition) is 10. The molecule has 1 spiro atoms. The third-order valence-corrected chi connectivity index (χ3v) is 10.2. The quantitative estimate of drug-likeness (QED) is 0.166. The van der Waals surface area contributed by atoms with E-state index in [4.69, 9.17) is 16.3 Å². The first-order valence-corrected chi connectivity index (χ1v) is 16.9. The number of methoxy groups -OCH3 is 1. The number of nitro benzene ring substituents is 1. The van der Waals surface area contributed by atoms with Crippen molar-refractivity contribution < 1.29 is 14.2 Å². The van der Waals surface area contributed by atoms with Crippen LogP contribution in [0.4, 0.5) is 34.5 Å². The standard InChI is InChI=1S/C29H37ClN7O4P/c1-35(2)19-10-12-29(13-11-19)17-36(18-29)23-15-25(41-3)22(14-24(23)37(38)39)33-28-31-16-20(30)27(34-28)32-21-8-6-7-9-26(21)42(4,5)40/h6-9,14-16,19H,10-13,17-18H2,1-5H3,(H2,31,32,33,34). The molecule has 0 amide bonds. The maximum absolute atomic E-state index is 12.8. The maximum atomic E-state index is 12.8. The monoisotopic (exact) mass is 613 g/mol. The third kappa shape index (κ3) is 6.19. The van der Waals surface area contributed by atoms with E-state index in [1.54, 1.807) is 31.5 Å². The second-order valence-electron chi connectivity index (χ2n) is 11.9. The number of nitrogens with one attached hydrogen (secondary N) is 2. The van der Waals surface area contributed by atoms with Gasteiger partial charge in [0.25, 0.3) is 5.69 Å². The summed E-state index contributed by atoms with van der Waals surface area (Å²) in [6.45, 7) is 4.98. The molecule has 13 heteroatoms. The SMILES string of the molecule is COc1cc(N2CC3(CCC(N(C)C)CC3)C2)c([N+](=O)[O-])cc1Nc1ncc(Cl)c(Nc2ccccc2P(C)(C)=O)n1. The van der Waals surface area contributed by atoms with Gasteiger partial charge >= 0.3 is 0 Å². The topological polar surface area (TPSA) is 126 Å². The number of nitro groups is 1. The van der Waals surface area contributed by atoms with Crippen LogP contribution in [0.5, 0.6) is 5.75 Å². The molecule has 0 atom stereocenters. The van der Waals surface area contributed by atoms with Crippen LogP contribution in [-0.2, 0) is 4.57 Å². The molecule has 42 heavy (non-hydrogen) atoms. The van der Waals surface area contributed by atoms with Gasteiger partial charge in [0.2, 0.25) is 5.95 Å². The number of para-hydroxylation sites is 1. The summed E-state index contributed by atoms with van der Waals surface area (Å²) in [4.78, 5) is 25.0. The van der Waals surface area contributed by atoms with Crippen molar-refractivity contribution in [1.82, 2.24) is 14.9 Å². The fraction of sp³-hybridized carbons (Fsp3) is 0.448. The number of nitrogens with zero attached hydrogens (tertiary/aromatic N) is 5. The van der Waals surface area contributed by atoms with E-state index < -0.39 is 7.14 Å². The molecule has 1 saturated carbocycles. The van der Waals surface area contributed by atoms with Gasteiger partial charge in [0.05, 0.1) is 29.6 Å². The van der Waals surface area contributed by atoms with Crippen molar-refractivity contribution in [3.63, 3.8) is 0 Å². The highest BCUT2D eigenvalue weighted by molar-refractivity contribution is 7.70. The first kappa shape index (κ1) is 30.1. The molecule has 2 aliphatic rings. The summed E-state index contributed by atoms with van der Waals surface area (Å²) in [5, 5.41) is 19.3. The van der Waals surface area contributed by atoms with Gasteiger partial charge in [0, 0.05) is 42.0 Å². The predicted molar refractivity (Wildman–Crippen MR) is 169 cm³/mol. The Kier molecular flexibility index (Phi) is 8.38. The summed E-state index contributed by atoms with van der Waals surface area (Å²) >= 11 is 6.40. The summed E-state index contributed by atoms with van der Waals surface area (Å²) in [7, 11) is 3.20.